The highest BCUT2D eigenvalue weighted by Crippen LogP contribution is 2.24. The minimum atomic E-state index is 0.867. The Morgan fingerprint density at radius 1 is 1.31 bits per heavy atom. The second kappa shape index (κ2) is 3.01. The Balaban J connectivity index is 2.79. The largest absolute Gasteiger partial charge is 0.496 e. The highest BCUT2D eigenvalue weighted by atomic mass is 16.5. The molecule has 1 aromatic carbocycles. The molecule has 0 radical (unpaired) electrons. The minimum absolute atomic E-state index is 0.867. The molecule has 0 spiro atoms. The average molecular weight is 174 g/mol. The fourth-order valence-corrected chi connectivity index (χ4v) is 1.40. The van der Waals surface area contributed by atoms with Crippen molar-refractivity contribution in [3.63, 3.8) is 0 Å². The molecule has 3 nitrogen and oxygen atoms in total. The maximum atomic E-state index is 5.19. The number of aromatic nitrogens is 2. The van der Waals surface area contributed by atoms with Crippen LogP contribution in [0.2, 0.25) is 0 Å². The fraction of sp³-hybridized carbons (Fsp3) is 0.200. The predicted octanol–water partition coefficient (Wildman–Crippen LogP) is 1.95. The van der Waals surface area contributed by atoms with E-state index in [4.69, 9.17) is 4.74 Å². The Kier molecular flexibility index (Phi) is 1.85. The van der Waals surface area contributed by atoms with E-state index in [1.807, 2.05) is 19.1 Å². The number of rotatable bonds is 1. The van der Waals surface area contributed by atoms with Gasteiger partial charge in [0.15, 0.2) is 0 Å². The Labute approximate surface area is 76.4 Å². The van der Waals surface area contributed by atoms with Crippen molar-refractivity contribution < 1.29 is 4.74 Å². The molecule has 2 rings (SSSR count). The van der Waals surface area contributed by atoms with E-state index < -0.39 is 0 Å². The summed E-state index contributed by atoms with van der Waals surface area (Å²) in [7, 11) is 1.66. The van der Waals surface area contributed by atoms with Crippen molar-refractivity contribution in [1.29, 1.82) is 0 Å². The fourth-order valence-electron chi connectivity index (χ4n) is 1.40. The summed E-state index contributed by atoms with van der Waals surface area (Å²) >= 11 is 0. The number of hydrogen-bond acceptors (Lipinski definition) is 3. The van der Waals surface area contributed by atoms with Crippen LogP contribution in [0.5, 0.6) is 5.75 Å². The van der Waals surface area contributed by atoms with Crippen molar-refractivity contribution in [1.82, 2.24) is 9.97 Å². The van der Waals surface area contributed by atoms with Crippen LogP contribution in [0.3, 0.4) is 0 Å². The van der Waals surface area contributed by atoms with E-state index in [0.29, 0.717) is 0 Å². The van der Waals surface area contributed by atoms with Crippen molar-refractivity contribution in [2.75, 3.05) is 7.11 Å². The van der Waals surface area contributed by atoms with Gasteiger partial charge in [-0.2, -0.15) is 0 Å². The van der Waals surface area contributed by atoms with Crippen molar-refractivity contribution in [3.8, 4) is 5.75 Å². The van der Waals surface area contributed by atoms with Crippen molar-refractivity contribution in [2.24, 2.45) is 0 Å². The Bertz CT molecular complexity index is 440. The first-order chi connectivity index (χ1) is 6.33. The normalized spacial score (nSPS) is 10.3. The Hall–Kier alpha value is -1.64. The van der Waals surface area contributed by atoms with Crippen LogP contribution >= 0.6 is 0 Å². The van der Waals surface area contributed by atoms with Gasteiger partial charge in [0.2, 0.25) is 0 Å². The van der Waals surface area contributed by atoms with Crippen LogP contribution in [0, 0.1) is 6.92 Å². The van der Waals surface area contributed by atoms with Gasteiger partial charge in [-0.3, -0.25) is 0 Å². The van der Waals surface area contributed by atoms with Crippen molar-refractivity contribution >= 4 is 10.9 Å². The molecule has 0 aliphatic rings. The summed E-state index contributed by atoms with van der Waals surface area (Å²) in [4.78, 5) is 8.16. The Morgan fingerprint density at radius 2 is 2.15 bits per heavy atom. The van der Waals surface area contributed by atoms with E-state index in [1.165, 1.54) is 0 Å². The number of hydrogen-bond donors (Lipinski definition) is 0. The highest BCUT2D eigenvalue weighted by Gasteiger charge is 2.03. The first-order valence-corrected chi connectivity index (χ1v) is 4.06. The molecule has 0 aliphatic carbocycles. The maximum Gasteiger partial charge on any atom is 0.123 e. The smallest absolute Gasteiger partial charge is 0.123 e. The van der Waals surface area contributed by atoms with Gasteiger partial charge in [-0.1, -0.05) is 0 Å². The molecular formula is C10H10N2O. The number of ether oxygens (including phenoxy) is 1. The third-order valence-corrected chi connectivity index (χ3v) is 2.10. The van der Waals surface area contributed by atoms with Gasteiger partial charge < -0.3 is 4.74 Å². The summed E-state index contributed by atoms with van der Waals surface area (Å²) in [5.41, 5.74) is 2.01. The standard InChI is InChI=1S/C10H10N2O/c1-7-9(13-2)4-3-8-5-11-6-12-10(7)8/h3-6H,1-2H3. The number of aryl methyl sites for hydroxylation is 1. The summed E-state index contributed by atoms with van der Waals surface area (Å²) in [5.74, 6) is 0.867. The third kappa shape index (κ3) is 1.22. The quantitative estimate of drug-likeness (QED) is 0.662. The first-order valence-electron chi connectivity index (χ1n) is 4.06. The summed E-state index contributed by atoms with van der Waals surface area (Å²) in [6, 6.07) is 3.89. The molecule has 3 heteroatoms. The lowest BCUT2D eigenvalue weighted by molar-refractivity contribution is 0.412. The molecule has 0 unspecified atom stereocenters. The molecule has 0 fully saturated rings. The molecule has 0 amide bonds. The molecule has 0 saturated carbocycles. The molecular weight excluding hydrogens is 164 g/mol. The molecule has 0 bridgehead atoms. The number of fused-ring (bicyclic) bond motifs is 1. The van der Waals surface area contributed by atoms with E-state index in [1.54, 1.807) is 19.6 Å². The van der Waals surface area contributed by atoms with Gasteiger partial charge in [0.1, 0.15) is 12.1 Å². The van der Waals surface area contributed by atoms with Crippen LogP contribution in [0.1, 0.15) is 5.56 Å². The van der Waals surface area contributed by atoms with Gasteiger partial charge in [-0.05, 0) is 19.1 Å². The molecule has 13 heavy (non-hydrogen) atoms. The average Bonchev–Trinajstić information content (AvgIpc) is 2.19. The van der Waals surface area contributed by atoms with Crippen molar-refractivity contribution in [2.45, 2.75) is 6.92 Å². The second-order valence-electron chi connectivity index (χ2n) is 2.85. The lowest BCUT2D eigenvalue weighted by Crippen LogP contribution is -1.90. The zero-order chi connectivity index (χ0) is 9.26. The number of benzene rings is 1. The monoisotopic (exact) mass is 174 g/mol. The lowest BCUT2D eigenvalue weighted by Gasteiger charge is -2.05. The first kappa shape index (κ1) is 7.98. The molecule has 0 atom stereocenters. The molecule has 2 aromatic rings. The van der Waals surface area contributed by atoms with Crippen LogP contribution in [0.15, 0.2) is 24.7 Å². The Morgan fingerprint density at radius 3 is 2.92 bits per heavy atom. The minimum Gasteiger partial charge on any atom is -0.496 e. The number of nitrogens with zero attached hydrogens (tertiary/aromatic N) is 2. The van der Waals surface area contributed by atoms with Gasteiger partial charge in [0.25, 0.3) is 0 Å². The van der Waals surface area contributed by atoms with Gasteiger partial charge >= 0.3 is 0 Å². The highest BCUT2D eigenvalue weighted by molar-refractivity contribution is 5.82. The van der Waals surface area contributed by atoms with Gasteiger partial charge in [0, 0.05) is 17.1 Å². The molecule has 1 aromatic heterocycles. The molecule has 0 N–H and O–H groups in total. The summed E-state index contributed by atoms with van der Waals surface area (Å²) in [6.45, 7) is 1.99. The molecule has 66 valence electrons. The van der Waals surface area contributed by atoms with E-state index >= 15 is 0 Å². The zero-order valence-electron chi connectivity index (χ0n) is 7.61. The van der Waals surface area contributed by atoms with Crippen LogP contribution in [0.25, 0.3) is 10.9 Å². The SMILES string of the molecule is COc1ccc2cncnc2c1C. The van der Waals surface area contributed by atoms with Crippen LogP contribution in [0.4, 0.5) is 0 Å². The maximum absolute atomic E-state index is 5.19. The summed E-state index contributed by atoms with van der Waals surface area (Å²) in [6.07, 6.45) is 3.35. The third-order valence-electron chi connectivity index (χ3n) is 2.10. The zero-order valence-corrected chi connectivity index (χ0v) is 7.61. The van der Waals surface area contributed by atoms with Crippen molar-refractivity contribution in [3.05, 3.63) is 30.2 Å². The molecule has 1 heterocycles. The van der Waals surface area contributed by atoms with Gasteiger partial charge in [0.05, 0.1) is 12.6 Å². The van der Waals surface area contributed by atoms with E-state index in [-0.39, 0.29) is 0 Å². The summed E-state index contributed by atoms with van der Waals surface area (Å²) in [5, 5.41) is 1.04. The summed E-state index contributed by atoms with van der Waals surface area (Å²) < 4.78 is 5.19. The van der Waals surface area contributed by atoms with Crippen LogP contribution in [-0.2, 0) is 0 Å². The lowest BCUT2D eigenvalue weighted by atomic mass is 10.1. The van der Waals surface area contributed by atoms with E-state index in [9.17, 15) is 0 Å². The van der Waals surface area contributed by atoms with E-state index in [0.717, 1.165) is 22.2 Å². The topological polar surface area (TPSA) is 35.0 Å². The van der Waals surface area contributed by atoms with Gasteiger partial charge in [-0.15, -0.1) is 0 Å². The van der Waals surface area contributed by atoms with Gasteiger partial charge in [-0.25, -0.2) is 9.97 Å². The van der Waals surface area contributed by atoms with E-state index in [2.05, 4.69) is 9.97 Å². The number of methoxy groups -OCH3 is 1. The second-order valence-corrected chi connectivity index (χ2v) is 2.85. The molecule has 0 saturated heterocycles. The van der Waals surface area contributed by atoms with Crippen LogP contribution in [-0.4, -0.2) is 17.1 Å². The van der Waals surface area contributed by atoms with Crippen LogP contribution < -0.4 is 4.74 Å². The molecule has 0 aliphatic heterocycles. The predicted molar refractivity (Wildman–Crippen MR) is 50.8 cm³/mol.